The van der Waals surface area contributed by atoms with E-state index < -0.39 is 0 Å². The minimum absolute atomic E-state index is 0.205. The second-order valence-corrected chi connectivity index (χ2v) is 5.67. The Morgan fingerprint density at radius 2 is 2.00 bits per heavy atom. The van der Waals surface area contributed by atoms with Crippen molar-refractivity contribution < 1.29 is 9.47 Å². The fourth-order valence-electron chi connectivity index (χ4n) is 1.86. The lowest BCUT2D eigenvalue weighted by Crippen LogP contribution is -2.02. The largest absolute Gasteiger partial charge is 0.496 e. The number of hydrogen-bond acceptors (Lipinski definition) is 2. The standard InChI is InChI=1S/C14H17BrCl2O2/c1-4-9-8-11(19-7-6-12(16)17)13(15)10(5-2)14(9)18-3/h6,8H,4-5,7H2,1-3H3. The molecule has 0 fully saturated rings. The summed E-state index contributed by atoms with van der Waals surface area (Å²) in [5, 5.41) is 0. The van der Waals surface area contributed by atoms with Gasteiger partial charge in [-0.25, -0.2) is 0 Å². The van der Waals surface area contributed by atoms with E-state index >= 15 is 0 Å². The SMILES string of the molecule is CCc1cc(OCC=C(Cl)Cl)c(Br)c(CC)c1OC. The van der Waals surface area contributed by atoms with Crippen LogP contribution in [0.2, 0.25) is 0 Å². The monoisotopic (exact) mass is 366 g/mol. The van der Waals surface area contributed by atoms with E-state index in [1.807, 2.05) is 6.07 Å². The maximum Gasteiger partial charge on any atom is 0.134 e. The first kappa shape index (κ1) is 16.7. The quantitative estimate of drug-likeness (QED) is 0.680. The Kier molecular flexibility index (Phi) is 7.05. The molecule has 106 valence electrons. The van der Waals surface area contributed by atoms with E-state index in [9.17, 15) is 0 Å². The minimum Gasteiger partial charge on any atom is -0.496 e. The maximum absolute atomic E-state index is 5.68. The van der Waals surface area contributed by atoms with Gasteiger partial charge in [-0.2, -0.15) is 0 Å². The second kappa shape index (κ2) is 8.03. The van der Waals surface area contributed by atoms with Gasteiger partial charge in [-0.3, -0.25) is 0 Å². The molecular weight excluding hydrogens is 351 g/mol. The maximum atomic E-state index is 5.68. The first-order valence-corrected chi connectivity index (χ1v) is 7.62. The average Bonchev–Trinajstić information content (AvgIpc) is 2.39. The molecule has 0 unspecified atom stereocenters. The molecule has 1 aromatic carbocycles. The van der Waals surface area contributed by atoms with Crippen LogP contribution in [0.25, 0.3) is 0 Å². The summed E-state index contributed by atoms with van der Waals surface area (Å²) in [5.74, 6) is 1.70. The molecule has 5 heteroatoms. The minimum atomic E-state index is 0.205. The van der Waals surface area contributed by atoms with Crippen molar-refractivity contribution in [1.29, 1.82) is 0 Å². The van der Waals surface area contributed by atoms with Crippen molar-refractivity contribution >= 4 is 39.1 Å². The molecule has 0 radical (unpaired) electrons. The van der Waals surface area contributed by atoms with E-state index in [0.29, 0.717) is 6.61 Å². The first-order chi connectivity index (χ1) is 9.04. The highest BCUT2D eigenvalue weighted by atomic mass is 79.9. The van der Waals surface area contributed by atoms with Gasteiger partial charge in [0.15, 0.2) is 0 Å². The van der Waals surface area contributed by atoms with Crippen molar-refractivity contribution in [2.45, 2.75) is 26.7 Å². The van der Waals surface area contributed by atoms with Crippen molar-refractivity contribution in [3.63, 3.8) is 0 Å². The van der Waals surface area contributed by atoms with E-state index in [2.05, 4.69) is 29.8 Å². The summed E-state index contributed by atoms with van der Waals surface area (Å²) in [7, 11) is 1.69. The molecule has 0 amide bonds. The Balaban J connectivity index is 3.15. The summed E-state index contributed by atoms with van der Waals surface area (Å²) in [4.78, 5) is 0. The van der Waals surface area contributed by atoms with Crippen LogP contribution < -0.4 is 9.47 Å². The Morgan fingerprint density at radius 3 is 2.47 bits per heavy atom. The lowest BCUT2D eigenvalue weighted by Gasteiger charge is -2.17. The lowest BCUT2D eigenvalue weighted by atomic mass is 10.0. The molecule has 1 aromatic rings. The van der Waals surface area contributed by atoms with Gasteiger partial charge in [0.05, 0.1) is 11.6 Å². The normalized spacial score (nSPS) is 10.2. The number of ether oxygens (including phenoxy) is 2. The number of benzene rings is 1. The Morgan fingerprint density at radius 1 is 1.32 bits per heavy atom. The highest BCUT2D eigenvalue weighted by molar-refractivity contribution is 9.10. The predicted molar refractivity (Wildman–Crippen MR) is 84.7 cm³/mol. The fraction of sp³-hybridized carbons (Fsp3) is 0.429. The molecule has 0 N–H and O–H groups in total. The first-order valence-electron chi connectivity index (χ1n) is 6.07. The van der Waals surface area contributed by atoms with E-state index in [1.165, 1.54) is 0 Å². The Labute approximate surface area is 132 Å². The number of halogens is 3. The molecule has 0 atom stereocenters. The highest BCUT2D eigenvalue weighted by Gasteiger charge is 2.16. The molecule has 1 rings (SSSR count). The third-order valence-electron chi connectivity index (χ3n) is 2.77. The fourth-order valence-corrected chi connectivity index (χ4v) is 2.68. The van der Waals surface area contributed by atoms with Gasteiger partial charge in [-0.1, -0.05) is 37.0 Å². The van der Waals surface area contributed by atoms with Crippen molar-refractivity contribution in [2.75, 3.05) is 13.7 Å². The molecular formula is C14H17BrCl2O2. The summed E-state index contributed by atoms with van der Waals surface area (Å²) in [6, 6.07) is 1.98. The summed E-state index contributed by atoms with van der Waals surface area (Å²) in [6.45, 7) is 4.51. The molecule has 0 aliphatic rings. The van der Waals surface area contributed by atoms with Crippen LogP contribution in [-0.4, -0.2) is 13.7 Å². The molecule has 0 heterocycles. The van der Waals surface area contributed by atoms with Crippen molar-refractivity contribution in [3.8, 4) is 11.5 Å². The molecule has 0 aliphatic carbocycles. The molecule has 0 aliphatic heterocycles. The number of methoxy groups -OCH3 is 1. The average molecular weight is 368 g/mol. The molecule has 0 saturated heterocycles. The predicted octanol–water partition coefficient (Wildman–Crippen LogP) is 5.28. The van der Waals surface area contributed by atoms with Crippen LogP contribution in [0.15, 0.2) is 21.1 Å². The van der Waals surface area contributed by atoms with Crippen LogP contribution in [0.3, 0.4) is 0 Å². The van der Waals surface area contributed by atoms with Crippen LogP contribution in [0, 0.1) is 0 Å². The zero-order valence-electron chi connectivity index (χ0n) is 11.2. The van der Waals surface area contributed by atoms with Gasteiger partial charge in [-0.15, -0.1) is 0 Å². The molecule has 19 heavy (non-hydrogen) atoms. The molecule has 0 spiro atoms. The van der Waals surface area contributed by atoms with E-state index in [0.717, 1.165) is 39.9 Å². The second-order valence-electron chi connectivity index (χ2n) is 3.87. The zero-order valence-corrected chi connectivity index (χ0v) is 14.3. The van der Waals surface area contributed by atoms with Crippen LogP contribution in [-0.2, 0) is 12.8 Å². The topological polar surface area (TPSA) is 18.5 Å². The van der Waals surface area contributed by atoms with Crippen LogP contribution >= 0.6 is 39.1 Å². The zero-order chi connectivity index (χ0) is 14.4. The molecule has 0 saturated carbocycles. The Hall–Kier alpha value is -0.380. The summed E-state index contributed by atoms with van der Waals surface area (Å²) in [5.41, 5.74) is 2.23. The molecule has 0 bridgehead atoms. The number of rotatable bonds is 6. The van der Waals surface area contributed by atoms with Crippen molar-refractivity contribution in [2.24, 2.45) is 0 Å². The van der Waals surface area contributed by atoms with Crippen LogP contribution in [0.4, 0.5) is 0 Å². The third-order valence-corrected chi connectivity index (χ3v) is 3.95. The molecule has 0 aromatic heterocycles. The van der Waals surface area contributed by atoms with Crippen LogP contribution in [0.5, 0.6) is 11.5 Å². The highest BCUT2D eigenvalue weighted by Crippen LogP contribution is 2.39. The van der Waals surface area contributed by atoms with Gasteiger partial charge in [0, 0.05) is 5.56 Å². The lowest BCUT2D eigenvalue weighted by molar-refractivity contribution is 0.356. The van der Waals surface area contributed by atoms with Gasteiger partial charge < -0.3 is 9.47 Å². The van der Waals surface area contributed by atoms with Gasteiger partial charge in [-0.05, 0) is 46.5 Å². The van der Waals surface area contributed by atoms with Gasteiger partial charge in [0.2, 0.25) is 0 Å². The number of hydrogen-bond donors (Lipinski definition) is 0. The summed E-state index contributed by atoms with van der Waals surface area (Å²) in [6.07, 6.45) is 3.35. The van der Waals surface area contributed by atoms with Crippen molar-refractivity contribution in [3.05, 3.63) is 32.2 Å². The summed E-state index contributed by atoms with van der Waals surface area (Å²) >= 11 is 14.7. The third kappa shape index (κ3) is 4.30. The number of aryl methyl sites for hydroxylation is 1. The smallest absolute Gasteiger partial charge is 0.134 e. The summed E-state index contributed by atoms with van der Waals surface area (Å²) < 4.78 is 12.3. The van der Waals surface area contributed by atoms with E-state index in [1.54, 1.807) is 13.2 Å². The Bertz CT molecular complexity index is 469. The van der Waals surface area contributed by atoms with E-state index in [4.69, 9.17) is 32.7 Å². The molecule has 2 nitrogen and oxygen atoms in total. The van der Waals surface area contributed by atoms with Gasteiger partial charge in [0.25, 0.3) is 0 Å². The van der Waals surface area contributed by atoms with Gasteiger partial charge >= 0.3 is 0 Å². The van der Waals surface area contributed by atoms with Gasteiger partial charge in [0.1, 0.15) is 22.6 Å². The van der Waals surface area contributed by atoms with Crippen LogP contribution in [0.1, 0.15) is 25.0 Å². The van der Waals surface area contributed by atoms with E-state index in [-0.39, 0.29) is 4.49 Å². The van der Waals surface area contributed by atoms with Crippen molar-refractivity contribution in [1.82, 2.24) is 0 Å².